The molecule has 146 valence electrons. The highest BCUT2D eigenvalue weighted by molar-refractivity contribution is 8.13. The van der Waals surface area contributed by atoms with Gasteiger partial charge in [-0.05, 0) is 18.9 Å². The lowest BCUT2D eigenvalue weighted by atomic mass is 10.1. The Kier molecular flexibility index (Phi) is 7.08. The summed E-state index contributed by atoms with van der Waals surface area (Å²) in [6.07, 6.45) is 3.52. The van der Waals surface area contributed by atoms with E-state index in [2.05, 4.69) is 34.5 Å². The van der Waals surface area contributed by atoms with Gasteiger partial charge in [0.05, 0.1) is 18.6 Å². The van der Waals surface area contributed by atoms with Crippen LogP contribution in [0.5, 0.6) is 5.75 Å². The maximum absolute atomic E-state index is 12.9. The fourth-order valence-corrected chi connectivity index (χ4v) is 3.78. The van der Waals surface area contributed by atoms with Crippen LogP contribution >= 0.6 is 24.4 Å². The highest BCUT2D eigenvalue weighted by Crippen LogP contribution is 2.29. The van der Waals surface area contributed by atoms with Crippen LogP contribution in [0.15, 0.2) is 33.6 Å². The molecule has 0 aromatic carbocycles. The van der Waals surface area contributed by atoms with Crippen LogP contribution in [0, 0.1) is 0 Å². The number of fused-ring (bicyclic) bond motifs is 1. The summed E-state index contributed by atoms with van der Waals surface area (Å²) in [5.74, 6) is 1.48. The van der Waals surface area contributed by atoms with Crippen molar-refractivity contribution in [2.24, 2.45) is 10.2 Å². The number of aromatic nitrogens is 2. The van der Waals surface area contributed by atoms with Crippen LogP contribution in [0.1, 0.15) is 25.1 Å². The van der Waals surface area contributed by atoms with Crippen molar-refractivity contribution >= 4 is 41.7 Å². The number of halogens is 2. The smallest absolute Gasteiger partial charge is 0.288 e. The Morgan fingerprint density at radius 2 is 2.33 bits per heavy atom. The standard InChI is InChI=1S/C17H20F2N4O2S2/c1-20-22-17(16(18)19)27-10-15-21-8-13-14(7-12(26)9-23(13)15)25-11-3-2-5-24-6-4-11/h7-9,11,16,26H,1-6,10H2/b22-17-. The highest BCUT2D eigenvalue weighted by atomic mass is 32.2. The van der Waals surface area contributed by atoms with E-state index in [1.165, 1.54) is 0 Å². The number of alkyl halides is 2. The zero-order chi connectivity index (χ0) is 19.2. The third kappa shape index (κ3) is 5.20. The van der Waals surface area contributed by atoms with Crippen LogP contribution < -0.4 is 4.74 Å². The quantitative estimate of drug-likeness (QED) is 0.335. The van der Waals surface area contributed by atoms with Crippen LogP contribution in [-0.4, -0.2) is 46.9 Å². The molecule has 3 heterocycles. The number of thiol groups is 1. The number of pyridine rings is 1. The van der Waals surface area contributed by atoms with E-state index in [1.807, 2.05) is 10.5 Å². The van der Waals surface area contributed by atoms with Gasteiger partial charge in [-0.25, -0.2) is 13.8 Å². The van der Waals surface area contributed by atoms with E-state index in [0.717, 1.165) is 43.1 Å². The molecule has 0 N–H and O–H groups in total. The summed E-state index contributed by atoms with van der Waals surface area (Å²) in [5, 5.41) is 6.18. The molecule has 1 atom stereocenters. The minimum absolute atomic E-state index is 0.0652. The second-order valence-corrected chi connectivity index (χ2v) is 7.46. The number of imidazole rings is 1. The molecule has 0 amide bonds. The van der Waals surface area contributed by atoms with Gasteiger partial charge in [-0.15, -0.1) is 17.7 Å². The van der Waals surface area contributed by atoms with Crippen LogP contribution in [-0.2, 0) is 10.5 Å². The van der Waals surface area contributed by atoms with Gasteiger partial charge in [-0.3, -0.25) is 4.40 Å². The Morgan fingerprint density at radius 1 is 1.48 bits per heavy atom. The molecule has 2 aromatic rings. The first-order valence-corrected chi connectivity index (χ1v) is 9.89. The van der Waals surface area contributed by atoms with Gasteiger partial charge in [0, 0.05) is 30.8 Å². The zero-order valence-corrected chi connectivity index (χ0v) is 16.3. The molecule has 0 aliphatic carbocycles. The first-order chi connectivity index (χ1) is 13.1. The first-order valence-electron chi connectivity index (χ1n) is 8.46. The van der Waals surface area contributed by atoms with Crippen molar-refractivity contribution < 1.29 is 18.3 Å². The van der Waals surface area contributed by atoms with E-state index in [4.69, 9.17) is 9.47 Å². The average molecular weight is 415 g/mol. The largest absolute Gasteiger partial charge is 0.488 e. The number of nitrogens with zero attached hydrogens (tertiary/aromatic N) is 4. The molecule has 3 rings (SSSR count). The lowest BCUT2D eigenvalue weighted by molar-refractivity contribution is 0.127. The van der Waals surface area contributed by atoms with E-state index in [9.17, 15) is 8.78 Å². The Balaban J connectivity index is 1.81. The third-order valence-electron chi connectivity index (χ3n) is 4.06. The minimum Gasteiger partial charge on any atom is -0.488 e. The molecule has 0 radical (unpaired) electrons. The van der Waals surface area contributed by atoms with Crippen molar-refractivity contribution in [3.63, 3.8) is 0 Å². The molecular formula is C17H20F2N4O2S2. The van der Waals surface area contributed by atoms with E-state index < -0.39 is 11.5 Å². The van der Waals surface area contributed by atoms with Gasteiger partial charge < -0.3 is 9.47 Å². The predicted molar refractivity (Wildman–Crippen MR) is 106 cm³/mol. The van der Waals surface area contributed by atoms with Crippen LogP contribution in [0.3, 0.4) is 0 Å². The van der Waals surface area contributed by atoms with Crippen molar-refractivity contribution in [2.45, 2.75) is 42.4 Å². The number of hydrogen-bond acceptors (Lipinski definition) is 7. The van der Waals surface area contributed by atoms with Gasteiger partial charge in [0.2, 0.25) is 0 Å². The van der Waals surface area contributed by atoms with E-state index in [1.54, 1.807) is 12.4 Å². The van der Waals surface area contributed by atoms with E-state index in [0.29, 0.717) is 23.1 Å². The van der Waals surface area contributed by atoms with Crippen LogP contribution in [0.4, 0.5) is 8.78 Å². The molecule has 1 unspecified atom stereocenters. The second-order valence-electron chi connectivity index (χ2n) is 5.94. The van der Waals surface area contributed by atoms with Gasteiger partial charge in [0.25, 0.3) is 6.43 Å². The number of thioether (sulfide) groups is 1. The second kappa shape index (κ2) is 9.52. The van der Waals surface area contributed by atoms with Crippen molar-refractivity contribution in [1.29, 1.82) is 0 Å². The molecule has 0 saturated carbocycles. The fraction of sp³-hybridized carbons (Fsp3) is 0.471. The summed E-state index contributed by atoms with van der Waals surface area (Å²) in [6.45, 7) is 4.55. The molecule has 2 aromatic heterocycles. The van der Waals surface area contributed by atoms with Crippen LogP contribution in [0.25, 0.3) is 5.52 Å². The van der Waals surface area contributed by atoms with Crippen molar-refractivity contribution in [1.82, 2.24) is 9.38 Å². The van der Waals surface area contributed by atoms with Gasteiger partial charge >= 0.3 is 0 Å². The lowest BCUT2D eigenvalue weighted by Gasteiger charge is -2.17. The molecule has 1 aliphatic rings. The van der Waals surface area contributed by atoms with Crippen molar-refractivity contribution in [3.05, 3.63) is 24.3 Å². The monoisotopic (exact) mass is 414 g/mol. The van der Waals surface area contributed by atoms with E-state index >= 15 is 0 Å². The normalized spacial score (nSPS) is 18.7. The summed E-state index contributed by atoms with van der Waals surface area (Å²) < 4.78 is 39.3. The molecule has 1 aliphatic heterocycles. The van der Waals surface area contributed by atoms with Gasteiger partial charge in [-0.2, -0.15) is 5.10 Å². The number of hydrogen-bond donors (Lipinski definition) is 1. The number of ether oxygens (including phenoxy) is 2. The minimum atomic E-state index is -2.71. The molecular weight excluding hydrogens is 394 g/mol. The average Bonchev–Trinajstić information content (AvgIpc) is 2.85. The fourth-order valence-electron chi connectivity index (χ4n) is 2.82. The molecule has 27 heavy (non-hydrogen) atoms. The molecule has 0 spiro atoms. The number of rotatable bonds is 6. The maximum Gasteiger partial charge on any atom is 0.288 e. The van der Waals surface area contributed by atoms with E-state index in [-0.39, 0.29) is 11.9 Å². The van der Waals surface area contributed by atoms with Gasteiger partial charge in [-0.1, -0.05) is 11.8 Å². The van der Waals surface area contributed by atoms with Gasteiger partial charge in [0.15, 0.2) is 5.04 Å². The molecule has 6 nitrogen and oxygen atoms in total. The Bertz CT molecular complexity index is 821. The Labute approximate surface area is 165 Å². The summed E-state index contributed by atoms with van der Waals surface area (Å²) in [7, 11) is 0. The first kappa shape index (κ1) is 20.1. The molecule has 10 heteroatoms. The lowest BCUT2D eigenvalue weighted by Crippen LogP contribution is -2.17. The third-order valence-corrected chi connectivity index (χ3v) is 5.27. The maximum atomic E-state index is 12.9. The van der Waals surface area contributed by atoms with Gasteiger partial charge in [0.1, 0.15) is 23.2 Å². The van der Waals surface area contributed by atoms with Crippen molar-refractivity contribution in [2.75, 3.05) is 13.2 Å². The summed E-state index contributed by atoms with van der Waals surface area (Å²) in [6, 6.07) is 1.84. The summed E-state index contributed by atoms with van der Waals surface area (Å²) in [5.41, 5.74) is 0.769. The molecule has 0 bridgehead atoms. The summed E-state index contributed by atoms with van der Waals surface area (Å²) >= 11 is 5.32. The van der Waals surface area contributed by atoms with Crippen molar-refractivity contribution in [3.8, 4) is 5.75 Å². The summed E-state index contributed by atoms with van der Waals surface area (Å²) in [4.78, 5) is 5.05. The van der Waals surface area contributed by atoms with Crippen LogP contribution in [0.2, 0.25) is 0 Å². The molecule has 1 saturated heterocycles. The molecule has 1 fully saturated rings. The highest BCUT2D eigenvalue weighted by Gasteiger charge is 2.19. The topological polar surface area (TPSA) is 60.5 Å². The SMILES string of the molecule is C=N/N=C(\SCc1ncc2c(OC3CCCOCC3)cc(S)cn12)C(F)F. The Morgan fingerprint density at radius 3 is 3.11 bits per heavy atom. The Hall–Kier alpha value is -1.65. The predicted octanol–water partition coefficient (Wildman–Crippen LogP) is 4.08. The zero-order valence-electron chi connectivity index (χ0n) is 14.6.